The van der Waals surface area contributed by atoms with Crippen LogP contribution in [0.2, 0.25) is 0 Å². The molecule has 2 atom stereocenters. The number of benzene rings is 1. The second-order valence-corrected chi connectivity index (χ2v) is 4.06. The Kier molecular flexibility index (Phi) is 4.91. The van der Waals surface area contributed by atoms with E-state index in [1.165, 1.54) is 7.11 Å². The van der Waals surface area contributed by atoms with E-state index in [1.54, 1.807) is 13.8 Å². The first-order chi connectivity index (χ1) is 8.06. The zero-order valence-corrected chi connectivity index (χ0v) is 10.4. The van der Waals surface area contributed by atoms with Crippen molar-refractivity contribution in [3.63, 3.8) is 0 Å². The number of hydrogen-bond donors (Lipinski definition) is 1. The molecule has 0 fully saturated rings. The van der Waals surface area contributed by atoms with E-state index in [2.05, 4.69) is 4.74 Å². The molecule has 3 nitrogen and oxygen atoms in total. The van der Waals surface area contributed by atoms with Crippen LogP contribution >= 0.6 is 0 Å². The van der Waals surface area contributed by atoms with E-state index in [0.717, 1.165) is 11.1 Å². The fraction of sp³-hybridized carbons (Fsp3) is 0.357. The molecule has 0 spiro atoms. The Balaban J connectivity index is 2.79. The van der Waals surface area contributed by atoms with Crippen molar-refractivity contribution in [2.24, 2.45) is 5.92 Å². The second-order valence-electron chi connectivity index (χ2n) is 4.06. The summed E-state index contributed by atoms with van der Waals surface area (Å²) in [5, 5.41) is 9.98. The quantitative estimate of drug-likeness (QED) is 0.813. The van der Waals surface area contributed by atoms with Crippen LogP contribution < -0.4 is 0 Å². The minimum Gasteiger partial charge on any atom is -0.469 e. The first-order valence-electron chi connectivity index (χ1n) is 5.55. The molecule has 1 N–H and O–H groups in total. The topological polar surface area (TPSA) is 46.5 Å². The van der Waals surface area contributed by atoms with E-state index >= 15 is 0 Å². The smallest absolute Gasteiger partial charge is 0.311 e. The molecule has 0 unspecified atom stereocenters. The van der Waals surface area contributed by atoms with Crippen molar-refractivity contribution in [1.29, 1.82) is 0 Å². The van der Waals surface area contributed by atoms with Gasteiger partial charge in [0.1, 0.15) is 0 Å². The van der Waals surface area contributed by atoms with Gasteiger partial charge in [-0.3, -0.25) is 4.79 Å². The molecule has 1 aromatic carbocycles. The van der Waals surface area contributed by atoms with Crippen molar-refractivity contribution in [3.05, 3.63) is 41.5 Å². The van der Waals surface area contributed by atoms with Gasteiger partial charge in [0.05, 0.1) is 19.1 Å². The number of hydrogen-bond acceptors (Lipinski definition) is 3. The Labute approximate surface area is 102 Å². The van der Waals surface area contributed by atoms with Crippen LogP contribution in [0.4, 0.5) is 0 Å². The number of esters is 1. The molecule has 0 radical (unpaired) electrons. The van der Waals surface area contributed by atoms with Crippen molar-refractivity contribution < 1.29 is 14.6 Å². The lowest BCUT2D eigenvalue weighted by molar-refractivity contribution is -0.147. The highest BCUT2D eigenvalue weighted by Gasteiger charge is 2.23. The highest BCUT2D eigenvalue weighted by atomic mass is 16.5. The highest BCUT2D eigenvalue weighted by molar-refractivity contribution is 5.73. The molecule has 0 aliphatic carbocycles. The maximum absolute atomic E-state index is 11.3. The minimum atomic E-state index is -0.817. The summed E-state index contributed by atoms with van der Waals surface area (Å²) in [6.45, 7) is 3.45. The summed E-state index contributed by atoms with van der Waals surface area (Å²) >= 11 is 0. The van der Waals surface area contributed by atoms with Gasteiger partial charge in [-0.15, -0.1) is 0 Å². The predicted octanol–water partition coefficient (Wildman–Crippen LogP) is 2.26. The lowest BCUT2D eigenvalue weighted by Gasteiger charge is -2.17. The molecule has 1 aromatic rings. The molecule has 0 saturated heterocycles. The van der Waals surface area contributed by atoms with Crippen LogP contribution in [0.25, 0.3) is 6.08 Å². The Bertz CT molecular complexity index is 395. The summed E-state index contributed by atoms with van der Waals surface area (Å²) < 4.78 is 4.61. The fourth-order valence-corrected chi connectivity index (χ4v) is 1.61. The van der Waals surface area contributed by atoms with Crippen LogP contribution in [0.3, 0.4) is 0 Å². The van der Waals surface area contributed by atoms with Crippen LogP contribution in [0, 0.1) is 5.92 Å². The number of methoxy groups -OCH3 is 1. The van der Waals surface area contributed by atoms with Crippen molar-refractivity contribution in [2.75, 3.05) is 7.11 Å². The molecule has 0 aliphatic heterocycles. The third-order valence-electron chi connectivity index (χ3n) is 2.71. The zero-order chi connectivity index (χ0) is 12.8. The Morgan fingerprint density at radius 3 is 2.47 bits per heavy atom. The Hall–Kier alpha value is -1.61. The van der Waals surface area contributed by atoms with Gasteiger partial charge in [-0.1, -0.05) is 36.4 Å². The van der Waals surface area contributed by atoms with Crippen molar-refractivity contribution in [1.82, 2.24) is 0 Å². The Morgan fingerprint density at radius 2 is 1.94 bits per heavy atom. The number of carbonyl (C=O) groups is 1. The third-order valence-corrected chi connectivity index (χ3v) is 2.71. The monoisotopic (exact) mass is 234 g/mol. The molecule has 0 heterocycles. The van der Waals surface area contributed by atoms with Gasteiger partial charge in [0.2, 0.25) is 0 Å². The molecule has 0 bridgehead atoms. The van der Waals surface area contributed by atoms with E-state index in [-0.39, 0.29) is 0 Å². The van der Waals surface area contributed by atoms with Gasteiger partial charge in [0.15, 0.2) is 0 Å². The van der Waals surface area contributed by atoms with Crippen LogP contribution in [0.1, 0.15) is 19.4 Å². The van der Waals surface area contributed by atoms with Gasteiger partial charge >= 0.3 is 5.97 Å². The van der Waals surface area contributed by atoms with E-state index in [0.29, 0.717) is 0 Å². The molecule has 0 saturated carbocycles. The molecule has 17 heavy (non-hydrogen) atoms. The van der Waals surface area contributed by atoms with Gasteiger partial charge in [-0.25, -0.2) is 0 Å². The normalized spacial score (nSPS) is 15.2. The molecule has 0 aliphatic rings. The SMILES string of the molecule is COC(=O)[C@@H](C)[C@H](O)/C(C)=C/c1ccccc1. The zero-order valence-electron chi connectivity index (χ0n) is 10.4. The van der Waals surface area contributed by atoms with Gasteiger partial charge in [-0.2, -0.15) is 0 Å². The molecule has 0 amide bonds. The predicted molar refractivity (Wildman–Crippen MR) is 67.3 cm³/mol. The number of carbonyl (C=O) groups excluding carboxylic acids is 1. The number of aliphatic hydroxyl groups is 1. The molecule has 92 valence electrons. The van der Waals surface area contributed by atoms with Crippen LogP contribution in [-0.2, 0) is 9.53 Å². The van der Waals surface area contributed by atoms with Gasteiger partial charge in [0, 0.05) is 0 Å². The van der Waals surface area contributed by atoms with Crippen LogP contribution in [-0.4, -0.2) is 24.3 Å². The Morgan fingerprint density at radius 1 is 1.35 bits per heavy atom. The maximum Gasteiger partial charge on any atom is 0.311 e. The largest absolute Gasteiger partial charge is 0.469 e. The summed E-state index contributed by atoms with van der Waals surface area (Å²) in [6.07, 6.45) is 1.05. The van der Waals surface area contributed by atoms with Crippen molar-refractivity contribution in [3.8, 4) is 0 Å². The minimum absolute atomic E-state index is 0.404. The third kappa shape index (κ3) is 3.71. The molecule has 1 rings (SSSR count). The molecular formula is C14H18O3. The summed E-state index contributed by atoms with van der Waals surface area (Å²) in [5.74, 6) is -0.960. The van der Waals surface area contributed by atoms with E-state index < -0.39 is 18.0 Å². The van der Waals surface area contributed by atoms with Crippen LogP contribution in [0.15, 0.2) is 35.9 Å². The van der Waals surface area contributed by atoms with E-state index in [9.17, 15) is 9.90 Å². The second kappa shape index (κ2) is 6.21. The molecule has 0 aromatic heterocycles. The fourth-order valence-electron chi connectivity index (χ4n) is 1.61. The molecular weight excluding hydrogens is 216 g/mol. The van der Waals surface area contributed by atoms with E-state index in [4.69, 9.17) is 0 Å². The number of aliphatic hydroxyl groups excluding tert-OH is 1. The van der Waals surface area contributed by atoms with Crippen molar-refractivity contribution in [2.45, 2.75) is 20.0 Å². The van der Waals surface area contributed by atoms with Crippen molar-refractivity contribution >= 4 is 12.0 Å². The van der Waals surface area contributed by atoms with Gasteiger partial charge < -0.3 is 9.84 Å². The summed E-state index contributed by atoms with van der Waals surface area (Å²) in [5.41, 5.74) is 1.75. The van der Waals surface area contributed by atoms with Gasteiger partial charge in [0.25, 0.3) is 0 Å². The number of ether oxygens (including phenoxy) is 1. The first kappa shape index (κ1) is 13.5. The summed E-state index contributed by atoms with van der Waals surface area (Å²) in [6, 6.07) is 9.67. The lowest BCUT2D eigenvalue weighted by atomic mass is 9.97. The highest BCUT2D eigenvalue weighted by Crippen LogP contribution is 2.16. The standard InChI is InChI=1S/C14H18O3/c1-10(9-12-7-5-4-6-8-12)13(15)11(2)14(16)17-3/h4-9,11,13,15H,1-3H3/b10-9+/t11-,13+/m0/s1. The first-order valence-corrected chi connectivity index (χ1v) is 5.55. The maximum atomic E-state index is 11.3. The average Bonchev–Trinajstić information content (AvgIpc) is 2.37. The van der Waals surface area contributed by atoms with Crippen LogP contribution in [0.5, 0.6) is 0 Å². The average molecular weight is 234 g/mol. The lowest BCUT2D eigenvalue weighted by Crippen LogP contribution is -2.27. The van der Waals surface area contributed by atoms with Gasteiger partial charge in [-0.05, 0) is 25.0 Å². The number of rotatable bonds is 4. The van der Waals surface area contributed by atoms with E-state index in [1.807, 2.05) is 36.4 Å². The summed E-state index contributed by atoms with van der Waals surface area (Å²) in [4.78, 5) is 11.3. The summed E-state index contributed by atoms with van der Waals surface area (Å²) in [7, 11) is 1.32. The molecule has 3 heteroatoms.